The summed E-state index contributed by atoms with van der Waals surface area (Å²) in [7, 11) is 0. The van der Waals surface area contributed by atoms with Gasteiger partial charge in [0, 0.05) is 6.04 Å². The second-order valence-corrected chi connectivity index (χ2v) is 4.36. The topological polar surface area (TPSA) is 35.2 Å². The molecule has 2 rings (SSSR count). The molecule has 1 aromatic rings. The molecule has 1 aromatic carbocycles. The van der Waals surface area contributed by atoms with Gasteiger partial charge in [-0.25, -0.2) is 0 Å². The van der Waals surface area contributed by atoms with Crippen molar-refractivity contribution in [3.8, 4) is 5.75 Å². The first-order valence-corrected chi connectivity index (χ1v) is 5.94. The lowest BCUT2D eigenvalue weighted by Gasteiger charge is -2.14. The molecular weight excluding hydrogens is 198 g/mol. The van der Waals surface area contributed by atoms with Crippen LogP contribution in [-0.2, 0) is 0 Å². The zero-order valence-electron chi connectivity index (χ0n) is 9.56. The first-order valence-electron chi connectivity index (χ1n) is 5.94. The normalized spacial score (nSPS) is 18.3. The minimum absolute atomic E-state index is 0.105. The molecule has 2 heteroatoms. The second kappa shape index (κ2) is 5.17. The van der Waals surface area contributed by atoms with Crippen LogP contribution in [0.3, 0.4) is 0 Å². The summed E-state index contributed by atoms with van der Waals surface area (Å²) in [5, 5.41) is 0. The van der Waals surface area contributed by atoms with Crippen LogP contribution >= 0.6 is 0 Å². The Kier molecular flexibility index (Phi) is 3.62. The van der Waals surface area contributed by atoms with Gasteiger partial charge in [-0.3, -0.25) is 0 Å². The highest BCUT2D eigenvalue weighted by Crippen LogP contribution is 2.25. The van der Waals surface area contributed by atoms with Crippen molar-refractivity contribution in [2.75, 3.05) is 0 Å². The van der Waals surface area contributed by atoms with Gasteiger partial charge in [0.1, 0.15) is 5.75 Å². The Morgan fingerprint density at radius 2 is 2.12 bits per heavy atom. The van der Waals surface area contributed by atoms with E-state index in [1.54, 1.807) is 6.08 Å². The van der Waals surface area contributed by atoms with Gasteiger partial charge in [0.05, 0.1) is 6.10 Å². The Morgan fingerprint density at radius 3 is 2.81 bits per heavy atom. The van der Waals surface area contributed by atoms with Crippen LogP contribution in [0.15, 0.2) is 36.9 Å². The van der Waals surface area contributed by atoms with Gasteiger partial charge in [0.25, 0.3) is 0 Å². The molecule has 1 saturated carbocycles. The Balaban J connectivity index is 2.06. The van der Waals surface area contributed by atoms with Crippen molar-refractivity contribution >= 4 is 0 Å². The summed E-state index contributed by atoms with van der Waals surface area (Å²) in [6, 6.07) is 7.91. The summed E-state index contributed by atoms with van der Waals surface area (Å²) in [5.41, 5.74) is 6.96. The summed E-state index contributed by atoms with van der Waals surface area (Å²) in [6.07, 6.45) is 7.08. The molecule has 16 heavy (non-hydrogen) atoms. The van der Waals surface area contributed by atoms with Crippen LogP contribution in [0.4, 0.5) is 0 Å². The van der Waals surface area contributed by atoms with Crippen molar-refractivity contribution in [3.05, 3.63) is 42.5 Å². The number of hydrogen-bond acceptors (Lipinski definition) is 2. The molecule has 1 atom stereocenters. The van der Waals surface area contributed by atoms with E-state index in [1.165, 1.54) is 25.7 Å². The number of ether oxygens (including phenoxy) is 1. The molecular formula is C14H19NO. The fraction of sp³-hybridized carbons (Fsp3) is 0.429. The van der Waals surface area contributed by atoms with E-state index in [1.807, 2.05) is 24.3 Å². The molecule has 1 aliphatic carbocycles. The molecule has 1 aliphatic rings. The summed E-state index contributed by atoms with van der Waals surface area (Å²) >= 11 is 0. The zero-order valence-corrected chi connectivity index (χ0v) is 9.56. The first-order chi connectivity index (χ1) is 7.79. The molecule has 2 N–H and O–H groups in total. The quantitative estimate of drug-likeness (QED) is 0.786. The molecule has 0 aliphatic heterocycles. The molecule has 2 nitrogen and oxygen atoms in total. The molecule has 0 spiro atoms. The van der Waals surface area contributed by atoms with Gasteiger partial charge in [-0.05, 0) is 43.4 Å². The van der Waals surface area contributed by atoms with Crippen LogP contribution in [0.1, 0.15) is 37.3 Å². The molecule has 0 aromatic heterocycles. The van der Waals surface area contributed by atoms with Gasteiger partial charge in [0.15, 0.2) is 0 Å². The maximum atomic E-state index is 5.92. The fourth-order valence-electron chi connectivity index (χ4n) is 2.13. The maximum absolute atomic E-state index is 5.92. The molecule has 86 valence electrons. The lowest BCUT2D eigenvalue weighted by Crippen LogP contribution is -2.12. The van der Waals surface area contributed by atoms with Gasteiger partial charge in [-0.15, -0.1) is 6.58 Å². The Bertz CT molecular complexity index is 356. The lowest BCUT2D eigenvalue weighted by atomic mass is 10.1. The van der Waals surface area contributed by atoms with Gasteiger partial charge in [-0.1, -0.05) is 18.2 Å². The predicted molar refractivity (Wildman–Crippen MR) is 66.5 cm³/mol. The smallest absolute Gasteiger partial charge is 0.120 e. The minimum Gasteiger partial charge on any atom is -0.490 e. The summed E-state index contributed by atoms with van der Waals surface area (Å²) in [6.45, 7) is 3.70. The highest BCUT2D eigenvalue weighted by Gasteiger charge is 2.16. The first kappa shape index (κ1) is 11.2. The second-order valence-electron chi connectivity index (χ2n) is 4.36. The van der Waals surface area contributed by atoms with E-state index in [2.05, 4.69) is 6.58 Å². The molecule has 0 saturated heterocycles. The van der Waals surface area contributed by atoms with Crippen molar-refractivity contribution in [1.29, 1.82) is 0 Å². The van der Waals surface area contributed by atoms with Gasteiger partial charge in [0.2, 0.25) is 0 Å². The third-order valence-corrected chi connectivity index (χ3v) is 3.10. The Morgan fingerprint density at radius 1 is 1.38 bits per heavy atom. The van der Waals surface area contributed by atoms with Crippen molar-refractivity contribution in [1.82, 2.24) is 0 Å². The summed E-state index contributed by atoms with van der Waals surface area (Å²) < 4.78 is 5.92. The van der Waals surface area contributed by atoms with E-state index < -0.39 is 0 Å². The van der Waals surface area contributed by atoms with Crippen LogP contribution in [0.5, 0.6) is 5.75 Å². The maximum Gasteiger partial charge on any atom is 0.120 e. The molecule has 0 bridgehead atoms. The highest BCUT2D eigenvalue weighted by atomic mass is 16.5. The monoisotopic (exact) mass is 217 g/mol. The average Bonchev–Trinajstić information content (AvgIpc) is 2.81. The molecule has 0 radical (unpaired) electrons. The number of benzene rings is 1. The van der Waals surface area contributed by atoms with E-state index in [0.717, 1.165) is 11.3 Å². The third-order valence-electron chi connectivity index (χ3n) is 3.10. The van der Waals surface area contributed by atoms with E-state index in [-0.39, 0.29) is 6.04 Å². The SMILES string of the molecule is C=C[C@@H](N)c1cccc(OC2CCCC2)c1. The minimum atomic E-state index is -0.105. The average molecular weight is 217 g/mol. The van der Waals surface area contributed by atoms with E-state index in [4.69, 9.17) is 10.5 Å². The standard InChI is InChI=1S/C14H19NO/c1-2-14(15)11-6-5-9-13(10-11)16-12-7-3-4-8-12/h2,5-6,9-10,12,14H,1,3-4,7-8,15H2/t14-/m1/s1. The van der Waals surface area contributed by atoms with Crippen LogP contribution in [0.25, 0.3) is 0 Å². The van der Waals surface area contributed by atoms with Crippen LogP contribution < -0.4 is 10.5 Å². The van der Waals surface area contributed by atoms with Crippen molar-refractivity contribution in [2.24, 2.45) is 5.73 Å². The summed E-state index contributed by atoms with van der Waals surface area (Å²) in [5.74, 6) is 0.932. The lowest BCUT2D eigenvalue weighted by molar-refractivity contribution is 0.210. The van der Waals surface area contributed by atoms with Gasteiger partial charge in [-0.2, -0.15) is 0 Å². The number of nitrogens with two attached hydrogens (primary N) is 1. The van der Waals surface area contributed by atoms with E-state index in [0.29, 0.717) is 6.10 Å². The molecule has 0 unspecified atom stereocenters. The Labute approximate surface area is 97.1 Å². The van der Waals surface area contributed by atoms with Crippen LogP contribution in [0.2, 0.25) is 0 Å². The van der Waals surface area contributed by atoms with Gasteiger partial charge < -0.3 is 10.5 Å². The van der Waals surface area contributed by atoms with Crippen LogP contribution in [0, 0.1) is 0 Å². The number of rotatable bonds is 4. The predicted octanol–water partition coefficient (Wildman–Crippen LogP) is 3.19. The van der Waals surface area contributed by atoms with Crippen molar-refractivity contribution < 1.29 is 4.74 Å². The highest BCUT2D eigenvalue weighted by molar-refractivity contribution is 5.32. The van der Waals surface area contributed by atoms with Crippen LogP contribution in [-0.4, -0.2) is 6.10 Å². The zero-order chi connectivity index (χ0) is 11.4. The van der Waals surface area contributed by atoms with E-state index in [9.17, 15) is 0 Å². The third kappa shape index (κ3) is 2.64. The molecule has 1 fully saturated rings. The number of hydrogen-bond donors (Lipinski definition) is 1. The van der Waals surface area contributed by atoms with E-state index >= 15 is 0 Å². The van der Waals surface area contributed by atoms with Crippen molar-refractivity contribution in [3.63, 3.8) is 0 Å². The largest absolute Gasteiger partial charge is 0.490 e. The van der Waals surface area contributed by atoms with Crippen molar-refractivity contribution in [2.45, 2.75) is 37.8 Å². The Hall–Kier alpha value is -1.28. The molecule has 0 amide bonds. The molecule has 0 heterocycles. The van der Waals surface area contributed by atoms with Gasteiger partial charge >= 0.3 is 0 Å². The fourth-order valence-corrected chi connectivity index (χ4v) is 2.13. The summed E-state index contributed by atoms with van der Waals surface area (Å²) in [4.78, 5) is 0.